The van der Waals surface area contributed by atoms with E-state index in [0.717, 1.165) is 55.3 Å². The molecule has 0 spiro atoms. The number of aryl methyl sites for hydroxylation is 4. The zero-order chi connectivity index (χ0) is 40.9. The zero-order valence-corrected chi connectivity index (χ0v) is 33.9. The highest BCUT2D eigenvalue weighted by Crippen LogP contribution is 2.40. The molecule has 0 unspecified atom stereocenters. The van der Waals surface area contributed by atoms with Crippen molar-refractivity contribution in [2.75, 3.05) is 0 Å². The molecular formula is C55H41FN4. The van der Waals surface area contributed by atoms with Crippen LogP contribution in [0.5, 0.6) is 0 Å². The number of rotatable bonds is 7. The van der Waals surface area contributed by atoms with E-state index in [1.165, 1.54) is 56.6 Å². The summed E-state index contributed by atoms with van der Waals surface area (Å²) in [6, 6.07) is 60.2. The first-order chi connectivity index (χ1) is 29.2. The van der Waals surface area contributed by atoms with Crippen LogP contribution in [0.25, 0.3) is 95.0 Å². The third kappa shape index (κ3) is 6.94. The molecular weight excluding hydrogens is 736 g/mol. The Kier molecular flexibility index (Phi) is 9.22. The molecule has 0 atom stereocenters. The standard InChI is InChI=1S/C55H41FN4/c1-34-25-35(2)28-43(27-34)41-17-23-51-48(31-41)49-32-42(44-29-36(3)26-37(4)30-44)18-24-52(49)60(51)46-21-22-47(38-15-19-45(56)20-16-38)50(33-46)55-58-53(39-11-7-5-8-12-39)57-54(59-55)40-13-9-6-10-14-40/h5-33H,1-4H3. The van der Waals surface area contributed by atoms with Crippen LogP contribution >= 0.6 is 0 Å². The van der Waals surface area contributed by atoms with Crippen LogP contribution in [0.1, 0.15) is 22.3 Å². The highest BCUT2D eigenvalue weighted by atomic mass is 19.1. The van der Waals surface area contributed by atoms with Crippen molar-refractivity contribution in [3.63, 3.8) is 0 Å². The summed E-state index contributed by atoms with van der Waals surface area (Å²) in [5.41, 5.74) is 17.2. The molecule has 5 heteroatoms. The molecule has 2 heterocycles. The van der Waals surface area contributed by atoms with Gasteiger partial charge in [-0.05, 0) is 110 Å². The van der Waals surface area contributed by atoms with Crippen LogP contribution in [0.4, 0.5) is 4.39 Å². The number of hydrogen-bond donors (Lipinski definition) is 0. The summed E-state index contributed by atoms with van der Waals surface area (Å²) in [6.45, 7) is 8.62. The van der Waals surface area contributed by atoms with Gasteiger partial charge >= 0.3 is 0 Å². The van der Waals surface area contributed by atoms with Gasteiger partial charge in [0.1, 0.15) is 5.82 Å². The molecule has 0 N–H and O–H groups in total. The SMILES string of the molecule is Cc1cc(C)cc(-c2ccc3c(c2)c2cc(-c4cc(C)cc(C)c4)ccc2n3-c2ccc(-c3ccc(F)cc3)c(-c3nc(-c4ccccc4)nc(-c4ccccc4)n3)c2)c1. The third-order valence-corrected chi connectivity index (χ3v) is 11.2. The third-order valence-electron chi connectivity index (χ3n) is 11.2. The highest BCUT2D eigenvalue weighted by molar-refractivity contribution is 6.12. The van der Waals surface area contributed by atoms with E-state index in [1.807, 2.05) is 72.8 Å². The molecule has 2 aromatic heterocycles. The van der Waals surface area contributed by atoms with Gasteiger partial charge in [0.25, 0.3) is 0 Å². The Hall–Kier alpha value is -7.50. The quantitative estimate of drug-likeness (QED) is 0.162. The van der Waals surface area contributed by atoms with Gasteiger partial charge in [0, 0.05) is 33.2 Å². The molecule has 0 fully saturated rings. The Morgan fingerprint density at radius 1 is 0.350 bits per heavy atom. The molecule has 0 aliphatic carbocycles. The summed E-state index contributed by atoms with van der Waals surface area (Å²) in [4.78, 5) is 15.3. The van der Waals surface area contributed by atoms with Gasteiger partial charge in [-0.25, -0.2) is 19.3 Å². The normalized spacial score (nSPS) is 11.4. The smallest absolute Gasteiger partial charge is 0.164 e. The molecule has 10 rings (SSSR count). The second-order valence-corrected chi connectivity index (χ2v) is 15.8. The van der Waals surface area contributed by atoms with E-state index in [0.29, 0.717) is 17.5 Å². The fourth-order valence-electron chi connectivity index (χ4n) is 8.61. The second-order valence-electron chi connectivity index (χ2n) is 15.8. The zero-order valence-electron chi connectivity index (χ0n) is 33.9. The minimum absolute atomic E-state index is 0.291. The van der Waals surface area contributed by atoms with Gasteiger partial charge < -0.3 is 4.57 Å². The minimum Gasteiger partial charge on any atom is -0.309 e. The van der Waals surface area contributed by atoms with Crippen LogP contribution in [-0.2, 0) is 0 Å². The Morgan fingerprint density at radius 2 is 0.800 bits per heavy atom. The largest absolute Gasteiger partial charge is 0.309 e. The molecule has 0 bridgehead atoms. The van der Waals surface area contributed by atoms with Gasteiger partial charge in [-0.1, -0.05) is 150 Å². The van der Waals surface area contributed by atoms with Gasteiger partial charge in [0.15, 0.2) is 17.5 Å². The monoisotopic (exact) mass is 776 g/mol. The topological polar surface area (TPSA) is 43.6 Å². The van der Waals surface area contributed by atoms with Crippen molar-refractivity contribution in [1.29, 1.82) is 0 Å². The number of nitrogens with zero attached hydrogens (tertiary/aromatic N) is 4. The maximum atomic E-state index is 14.4. The molecule has 0 aliphatic rings. The number of fused-ring (bicyclic) bond motifs is 3. The Labute approximate surface area is 349 Å². The molecule has 0 saturated carbocycles. The number of aromatic nitrogens is 4. The van der Waals surface area contributed by atoms with E-state index in [2.05, 4.69) is 123 Å². The molecule has 10 aromatic rings. The van der Waals surface area contributed by atoms with Crippen LogP contribution in [0, 0.1) is 33.5 Å². The number of halogens is 1. The minimum atomic E-state index is -0.291. The van der Waals surface area contributed by atoms with Crippen LogP contribution in [-0.4, -0.2) is 19.5 Å². The Bertz CT molecular complexity index is 3030. The van der Waals surface area contributed by atoms with Crippen LogP contribution < -0.4 is 0 Å². The average Bonchev–Trinajstić information content (AvgIpc) is 3.59. The van der Waals surface area contributed by atoms with E-state index < -0.39 is 0 Å². The van der Waals surface area contributed by atoms with Crippen molar-refractivity contribution >= 4 is 21.8 Å². The predicted octanol–water partition coefficient (Wildman–Crippen LogP) is 14.3. The lowest BCUT2D eigenvalue weighted by Crippen LogP contribution is -2.02. The van der Waals surface area contributed by atoms with E-state index in [9.17, 15) is 4.39 Å². The lowest BCUT2D eigenvalue weighted by molar-refractivity contribution is 0.628. The first-order valence-electron chi connectivity index (χ1n) is 20.3. The highest BCUT2D eigenvalue weighted by Gasteiger charge is 2.20. The molecule has 4 nitrogen and oxygen atoms in total. The predicted molar refractivity (Wildman–Crippen MR) is 246 cm³/mol. The van der Waals surface area contributed by atoms with Gasteiger partial charge in [-0.2, -0.15) is 0 Å². The van der Waals surface area contributed by atoms with Crippen molar-refractivity contribution < 1.29 is 4.39 Å². The van der Waals surface area contributed by atoms with Gasteiger partial charge in [-0.15, -0.1) is 0 Å². The first kappa shape index (κ1) is 36.8. The van der Waals surface area contributed by atoms with Crippen LogP contribution in [0.3, 0.4) is 0 Å². The molecule has 60 heavy (non-hydrogen) atoms. The number of benzene rings is 8. The number of hydrogen-bond acceptors (Lipinski definition) is 3. The summed E-state index contributed by atoms with van der Waals surface area (Å²) in [5, 5.41) is 2.32. The maximum Gasteiger partial charge on any atom is 0.164 e. The van der Waals surface area contributed by atoms with E-state index in [4.69, 9.17) is 15.0 Å². The van der Waals surface area contributed by atoms with Gasteiger partial charge in [-0.3, -0.25) is 0 Å². The summed E-state index contributed by atoms with van der Waals surface area (Å²) >= 11 is 0. The van der Waals surface area contributed by atoms with Crippen molar-refractivity contribution in [1.82, 2.24) is 19.5 Å². The van der Waals surface area contributed by atoms with Crippen LogP contribution in [0.15, 0.2) is 176 Å². The molecule has 0 radical (unpaired) electrons. The lowest BCUT2D eigenvalue weighted by atomic mass is 9.97. The van der Waals surface area contributed by atoms with E-state index in [1.54, 1.807) is 0 Å². The van der Waals surface area contributed by atoms with Crippen molar-refractivity contribution in [2.45, 2.75) is 27.7 Å². The molecule has 0 saturated heterocycles. The van der Waals surface area contributed by atoms with Crippen LogP contribution in [0.2, 0.25) is 0 Å². The first-order valence-corrected chi connectivity index (χ1v) is 20.3. The molecule has 0 amide bonds. The summed E-state index contributed by atoms with van der Waals surface area (Å²) in [7, 11) is 0. The van der Waals surface area contributed by atoms with E-state index >= 15 is 0 Å². The van der Waals surface area contributed by atoms with Crippen molar-refractivity contribution in [2.24, 2.45) is 0 Å². The maximum absolute atomic E-state index is 14.4. The lowest BCUT2D eigenvalue weighted by Gasteiger charge is -2.16. The molecule has 0 aliphatic heterocycles. The Morgan fingerprint density at radius 3 is 1.28 bits per heavy atom. The van der Waals surface area contributed by atoms with Crippen molar-refractivity contribution in [3.8, 4) is 73.2 Å². The summed E-state index contributed by atoms with van der Waals surface area (Å²) < 4.78 is 16.7. The summed E-state index contributed by atoms with van der Waals surface area (Å²) in [5.74, 6) is 1.38. The summed E-state index contributed by atoms with van der Waals surface area (Å²) in [6.07, 6.45) is 0. The molecule has 8 aromatic carbocycles. The molecule has 288 valence electrons. The van der Waals surface area contributed by atoms with E-state index in [-0.39, 0.29) is 5.82 Å². The van der Waals surface area contributed by atoms with Crippen molar-refractivity contribution in [3.05, 3.63) is 204 Å². The Balaban J connectivity index is 1.24. The van der Waals surface area contributed by atoms with Gasteiger partial charge in [0.2, 0.25) is 0 Å². The second kappa shape index (κ2) is 15.0. The average molecular weight is 777 g/mol. The van der Waals surface area contributed by atoms with Gasteiger partial charge in [0.05, 0.1) is 11.0 Å². The fraction of sp³-hybridized carbons (Fsp3) is 0.0727. The fourth-order valence-corrected chi connectivity index (χ4v) is 8.61.